The maximum absolute atomic E-state index is 12.4. The van der Waals surface area contributed by atoms with Crippen molar-refractivity contribution in [3.8, 4) is 18.4 Å². The van der Waals surface area contributed by atoms with Crippen molar-refractivity contribution in [1.29, 1.82) is 5.26 Å². The lowest BCUT2D eigenvalue weighted by molar-refractivity contribution is -0.116. The number of benzene rings is 1. The van der Waals surface area contributed by atoms with Crippen LogP contribution in [0, 0.1) is 23.7 Å². The number of amides is 3. The second-order valence-corrected chi connectivity index (χ2v) is 10.4. The van der Waals surface area contributed by atoms with E-state index >= 15 is 0 Å². The first-order chi connectivity index (χ1) is 24.9. The molecule has 15 nitrogen and oxygen atoms in total. The number of nitrogens with one attached hydrogen (secondary N) is 3. The molecule has 17 heteroatoms. The second kappa shape index (κ2) is 33.0. The highest BCUT2D eigenvalue weighted by Crippen LogP contribution is 2.30. The number of carbonyl (C=O) groups is 6. The van der Waals surface area contributed by atoms with E-state index in [1.165, 1.54) is 18.1 Å². The molecule has 0 saturated carbocycles. The largest absolute Gasteiger partial charge is 0.400 e. The molecule has 288 valence electrons. The molecule has 1 aromatic carbocycles. The number of halogens is 2. The van der Waals surface area contributed by atoms with Gasteiger partial charge in [0, 0.05) is 38.0 Å². The number of para-hydroxylation sites is 1. The number of rotatable bonds is 14. The van der Waals surface area contributed by atoms with Gasteiger partial charge in [-0.1, -0.05) is 18.6 Å². The number of nitrogens with two attached hydrogens (primary N) is 2. The Labute approximate surface area is 303 Å². The van der Waals surface area contributed by atoms with Gasteiger partial charge in [0.15, 0.2) is 0 Å². The van der Waals surface area contributed by atoms with Crippen molar-refractivity contribution in [2.45, 2.75) is 69.9 Å². The first kappa shape index (κ1) is 51.2. The highest BCUT2D eigenvalue weighted by molar-refractivity contribution is 6.10. The molecule has 0 spiro atoms. The van der Waals surface area contributed by atoms with Crippen LogP contribution in [0.5, 0.6) is 0 Å². The zero-order valence-corrected chi connectivity index (χ0v) is 30.1. The van der Waals surface area contributed by atoms with Gasteiger partial charge in [-0.05, 0) is 59.0 Å². The van der Waals surface area contributed by atoms with Gasteiger partial charge in [-0.15, -0.1) is 12.3 Å². The number of likely N-dealkylation sites (N-methyl/N-ethyl adjacent to an activating group) is 1. The third kappa shape index (κ3) is 23.2. The summed E-state index contributed by atoms with van der Waals surface area (Å²) in [7, 11) is 4.33. The van der Waals surface area contributed by atoms with Crippen LogP contribution in [0.3, 0.4) is 0 Å². The van der Waals surface area contributed by atoms with E-state index in [-0.39, 0.29) is 50.2 Å². The van der Waals surface area contributed by atoms with Gasteiger partial charge in [-0.3, -0.25) is 24.3 Å². The lowest BCUT2D eigenvalue weighted by atomic mass is 10.1. The van der Waals surface area contributed by atoms with Crippen molar-refractivity contribution in [2.24, 2.45) is 11.5 Å². The molecule has 1 aromatic heterocycles. The molecule has 8 N–H and O–H groups in total. The van der Waals surface area contributed by atoms with Crippen LogP contribution >= 0.6 is 0 Å². The molecule has 1 fully saturated rings. The maximum Gasteiger partial charge on any atom is 0.263 e. The Kier molecular flexibility index (Phi) is 32.4. The van der Waals surface area contributed by atoms with Crippen LogP contribution in [-0.4, -0.2) is 111 Å². The Hall–Kier alpha value is -5.20. The summed E-state index contributed by atoms with van der Waals surface area (Å²) in [6.45, 7) is 2.01. The van der Waals surface area contributed by atoms with Gasteiger partial charge in [0.05, 0.1) is 42.0 Å². The first-order valence-electron chi connectivity index (χ1n) is 16.0. The molecule has 1 aliphatic heterocycles. The molecule has 0 radical (unpaired) electrons. The van der Waals surface area contributed by atoms with Crippen molar-refractivity contribution in [3.05, 3.63) is 36.0 Å². The number of alkyl halides is 2. The van der Waals surface area contributed by atoms with E-state index in [0.29, 0.717) is 41.3 Å². The molecule has 1 aliphatic rings. The quantitative estimate of drug-likeness (QED) is 0.0920. The van der Waals surface area contributed by atoms with Gasteiger partial charge >= 0.3 is 0 Å². The number of pyridine rings is 1. The SMILES string of the molecule is C#CC.CN1CC(F)(F)CC1C#N.CN[C@H](C=O)CCCCN.CO.NC=O.O=CCCCC(=O)Nc1cccc2c(C(=O)NCC=O)ccnc12. The van der Waals surface area contributed by atoms with Crippen LogP contribution in [0.4, 0.5) is 14.5 Å². The summed E-state index contributed by atoms with van der Waals surface area (Å²) in [5.74, 6) is -1.01. The van der Waals surface area contributed by atoms with E-state index in [9.17, 15) is 32.8 Å². The van der Waals surface area contributed by atoms with Gasteiger partial charge in [0.25, 0.3) is 11.8 Å². The van der Waals surface area contributed by atoms with Gasteiger partial charge in [0.2, 0.25) is 12.3 Å². The number of hydrogen-bond acceptors (Lipinski definition) is 12. The van der Waals surface area contributed by atoms with E-state index in [2.05, 4.69) is 39.0 Å². The van der Waals surface area contributed by atoms with Gasteiger partial charge in [-0.25, -0.2) is 8.78 Å². The second-order valence-electron chi connectivity index (χ2n) is 10.4. The number of fused-ring (bicyclic) bond motifs is 1. The number of hydrogen-bond donors (Lipinski definition) is 6. The van der Waals surface area contributed by atoms with Crippen LogP contribution in [-0.2, 0) is 24.0 Å². The fraction of sp³-hybridized carbons (Fsp3) is 0.486. The first-order valence-corrected chi connectivity index (χ1v) is 16.0. The van der Waals surface area contributed by atoms with Gasteiger partial charge in [-0.2, -0.15) is 5.26 Å². The number of nitriles is 1. The van der Waals surface area contributed by atoms with E-state index < -0.39 is 12.0 Å². The zero-order chi connectivity index (χ0) is 40.4. The van der Waals surface area contributed by atoms with E-state index in [1.54, 1.807) is 38.2 Å². The van der Waals surface area contributed by atoms with E-state index in [4.69, 9.17) is 20.9 Å². The van der Waals surface area contributed by atoms with Gasteiger partial charge in [0.1, 0.15) is 24.9 Å². The van der Waals surface area contributed by atoms with Crippen LogP contribution < -0.4 is 27.4 Å². The fourth-order valence-corrected chi connectivity index (χ4v) is 4.17. The van der Waals surface area contributed by atoms with Crippen LogP contribution in [0.15, 0.2) is 30.5 Å². The van der Waals surface area contributed by atoms with Crippen molar-refractivity contribution in [3.63, 3.8) is 0 Å². The smallest absolute Gasteiger partial charge is 0.263 e. The summed E-state index contributed by atoms with van der Waals surface area (Å²) in [5.41, 5.74) is 10.8. The zero-order valence-electron chi connectivity index (χ0n) is 30.1. The van der Waals surface area contributed by atoms with Crippen molar-refractivity contribution in [1.82, 2.24) is 20.5 Å². The Bertz CT molecular complexity index is 1420. The molecule has 2 heterocycles. The topological polar surface area (TPSA) is 251 Å². The molecule has 3 amide bonds. The van der Waals surface area contributed by atoms with Crippen LogP contribution in [0.2, 0.25) is 0 Å². The monoisotopic (exact) mass is 734 g/mol. The molecular weight excluding hydrogens is 682 g/mol. The predicted octanol–water partition coefficient (Wildman–Crippen LogP) is 1.57. The number of aliphatic hydroxyl groups excluding tert-OH is 1. The minimum Gasteiger partial charge on any atom is -0.400 e. The Morgan fingerprint density at radius 2 is 1.81 bits per heavy atom. The summed E-state index contributed by atoms with van der Waals surface area (Å²) in [6.07, 6.45) is 12.3. The number of nitrogens with zero attached hydrogens (tertiary/aromatic N) is 3. The summed E-state index contributed by atoms with van der Waals surface area (Å²) in [5, 5.41) is 24.0. The fourth-order valence-electron chi connectivity index (χ4n) is 4.17. The number of aldehydes is 3. The number of unbranched alkanes of at least 4 members (excludes halogenated alkanes) is 2. The van der Waals surface area contributed by atoms with Crippen LogP contribution in [0.25, 0.3) is 10.9 Å². The third-order valence-electron chi connectivity index (χ3n) is 6.52. The molecule has 1 unspecified atom stereocenters. The Morgan fingerprint density at radius 3 is 2.27 bits per heavy atom. The molecule has 1 saturated heterocycles. The number of anilines is 1. The molecule has 0 aliphatic carbocycles. The van der Waals surface area contributed by atoms with Crippen molar-refractivity contribution < 1.29 is 42.7 Å². The standard InChI is InChI=1S/C17H17N3O4.C7H16N2O.C6H8F2N2.C3H4.CH3NO.CH4O/c21-10-2-1-6-15(23)20-14-5-3-4-12-13(7-8-18-16(12)14)17(24)19-9-11-22;1-9-7(6-10)4-2-3-5-8;1-10-4-6(7,8)2-5(10)3-9;1-3-2;2-1-3;1-2/h3-5,7-8,10-11H,1-2,6,9H2,(H,19,24)(H,20,23);6-7,9H,2-5,8H2,1H3;5H,2,4H2,1H3;1H,2H3;1H,(H2,2,3);2H,1H3/t;7-;;;;/m.0..../s1. The number of terminal acetylenes is 1. The van der Waals surface area contributed by atoms with Crippen molar-refractivity contribution in [2.75, 3.05) is 46.2 Å². The lowest BCUT2D eigenvalue weighted by Gasteiger charge is -2.10. The predicted molar refractivity (Wildman–Crippen MR) is 195 cm³/mol. The maximum atomic E-state index is 12.4. The average Bonchev–Trinajstić information content (AvgIpc) is 3.42. The molecule has 2 atom stereocenters. The number of primary amides is 1. The number of carbonyl (C=O) groups excluding carboxylic acids is 6. The highest BCUT2D eigenvalue weighted by Gasteiger charge is 2.43. The number of aliphatic hydroxyl groups is 1. The van der Waals surface area contributed by atoms with Crippen molar-refractivity contribution >= 4 is 53.7 Å². The van der Waals surface area contributed by atoms with E-state index in [1.807, 2.05) is 6.07 Å². The Morgan fingerprint density at radius 1 is 1.17 bits per heavy atom. The third-order valence-corrected chi connectivity index (χ3v) is 6.52. The molecular formula is C35H52F2N8O7. The summed E-state index contributed by atoms with van der Waals surface area (Å²) >= 11 is 0. The summed E-state index contributed by atoms with van der Waals surface area (Å²) < 4.78 is 24.9. The molecule has 52 heavy (non-hydrogen) atoms. The average molecular weight is 735 g/mol. The van der Waals surface area contributed by atoms with Crippen LogP contribution in [0.1, 0.15) is 62.2 Å². The highest BCUT2D eigenvalue weighted by atomic mass is 19.3. The lowest BCUT2D eigenvalue weighted by Crippen LogP contribution is -2.26. The van der Waals surface area contributed by atoms with E-state index in [0.717, 1.165) is 45.5 Å². The van der Waals surface area contributed by atoms with Gasteiger partial charge < -0.3 is 46.9 Å². The molecule has 2 aromatic rings. The number of aromatic nitrogens is 1. The minimum absolute atomic E-state index is 0.0200. The summed E-state index contributed by atoms with van der Waals surface area (Å²) in [4.78, 5) is 69.1. The molecule has 0 bridgehead atoms. The number of likely N-dealkylation sites (tertiary alicyclic amines) is 1. The molecule has 3 rings (SSSR count). The minimum atomic E-state index is -2.66. The normalized spacial score (nSPS) is 13.8. The summed E-state index contributed by atoms with van der Waals surface area (Å²) in [6, 6.07) is 7.91. The Balaban J connectivity index is -0.000000709.